The molecule has 2 aromatic rings. The number of carbonyl (C=O) groups is 5. The predicted molar refractivity (Wildman–Crippen MR) is 179 cm³/mol. The molecule has 0 bridgehead atoms. The molecule has 12 heteroatoms. The van der Waals surface area contributed by atoms with Crippen LogP contribution in [0.15, 0.2) is 54.6 Å². The van der Waals surface area contributed by atoms with Crippen molar-refractivity contribution in [3.63, 3.8) is 0 Å². The third kappa shape index (κ3) is 13.5. The van der Waals surface area contributed by atoms with Crippen LogP contribution in [0.5, 0.6) is 0 Å². The van der Waals surface area contributed by atoms with E-state index in [0.717, 1.165) is 5.56 Å². The highest BCUT2D eigenvalue weighted by Gasteiger charge is 2.33. The van der Waals surface area contributed by atoms with Gasteiger partial charge in [-0.2, -0.15) is 0 Å². The Labute approximate surface area is 277 Å². The minimum absolute atomic E-state index is 0.0413. The average molecular weight is 655 g/mol. The molecule has 0 fully saturated rings. The number of primary amides is 1. The highest BCUT2D eigenvalue weighted by atomic mass is 19.1. The number of halogens is 1. The van der Waals surface area contributed by atoms with E-state index in [9.17, 15) is 28.4 Å². The molecule has 11 nitrogen and oxygen atoms in total. The number of rotatable bonds is 18. The highest BCUT2D eigenvalue weighted by Crippen LogP contribution is 2.12. The van der Waals surface area contributed by atoms with E-state index in [1.165, 1.54) is 24.3 Å². The fraction of sp³-hybridized carbons (Fsp3) is 0.514. The van der Waals surface area contributed by atoms with Gasteiger partial charge in [0.1, 0.15) is 30.0 Å². The van der Waals surface area contributed by atoms with Crippen LogP contribution in [0.3, 0.4) is 0 Å². The van der Waals surface area contributed by atoms with Gasteiger partial charge in [-0.1, -0.05) is 84.0 Å². The normalized spacial score (nSPS) is 14.5. The summed E-state index contributed by atoms with van der Waals surface area (Å²) in [5.74, 6) is -3.73. The summed E-state index contributed by atoms with van der Waals surface area (Å²) >= 11 is 0. The molecule has 0 aliphatic heterocycles. The molecule has 2 rings (SSSR count). The minimum Gasteiger partial charge on any atom is -0.368 e. The van der Waals surface area contributed by atoms with Crippen LogP contribution in [0.4, 0.5) is 4.39 Å². The quantitative estimate of drug-likeness (QED) is 0.143. The van der Waals surface area contributed by atoms with Gasteiger partial charge in [-0.15, -0.1) is 0 Å². The van der Waals surface area contributed by atoms with Gasteiger partial charge in [0, 0.05) is 12.8 Å². The Bertz CT molecular complexity index is 1340. The summed E-state index contributed by atoms with van der Waals surface area (Å²) in [6.45, 7) is 11.1. The van der Waals surface area contributed by atoms with Crippen LogP contribution < -0.4 is 32.7 Å². The summed E-state index contributed by atoms with van der Waals surface area (Å²) in [4.78, 5) is 66.1. The Morgan fingerprint density at radius 3 is 1.55 bits per heavy atom. The molecule has 258 valence electrons. The van der Waals surface area contributed by atoms with Crippen molar-refractivity contribution in [2.75, 3.05) is 0 Å². The first kappa shape index (κ1) is 38.9. The Morgan fingerprint density at radius 2 is 1.09 bits per heavy atom. The Morgan fingerprint density at radius 1 is 0.617 bits per heavy atom. The van der Waals surface area contributed by atoms with Gasteiger partial charge in [-0.25, -0.2) is 4.39 Å². The number of carbonyl (C=O) groups excluding carboxylic acids is 5. The van der Waals surface area contributed by atoms with Gasteiger partial charge in [0.2, 0.25) is 29.5 Å². The first-order chi connectivity index (χ1) is 22.1. The van der Waals surface area contributed by atoms with Gasteiger partial charge in [-0.3, -0.25) is 24.0 Å². The van der Waals surface area contributed by atoms with Gasteiger partial charge in [0.15, 0.2) is 0 Å². The van der Waals surface area contributed by atoms with Crippen LogP contribution in [0.25, 0.3) is 0 Å². The van der Waals surface area contributed by atoms with Crippen LogP contribution in [-0.4, -0.2) is 59.7 Å². The fourth-order valence-corrected chi connectivity index (χ4v) is 5.06. The second kappa shape index (κ2) is 18.7. The summed E-state index contributed by atoms with van der Waals surface area (Å²) in [7, 11) is 0. The van der Waals surface area contributed by atoms with Crippen molar-refractivity contribution in [2.45, 2.75) is 97.4 Å². The molecule has 0 aliphatic carbocycles. The smallest absolute Gasteiger partial charge is 0.243 e. The lowest BCUT2D eigenvalue weighted by Crippen LogP contribution is -2.60. The second-order valence-corrected chi connectivity index (χ2v) is 13.2. The maximum absolute atomic E-state index is 13.9. The van der Waals surface area contributed by atoms with E-state index in [1.54, 1.807) is 38.1 Å². The van der Waals surface area contributed by atoms with E-state index < -0.39 is 65.6 Å². The zero-order chi connectivity index (χ0) is 35.3. The van der Waals surface area contributed by atoms with Crippen molar-refractivity contribution < 1.29 is 28.4 Å². The third-order valence-electron chi connectivity index (χ3n) is 7.58. The van der Waals surface area contributed by atoms with Gasteiger partial charge in [0.25, 0.3) is 0 Å². The van der Waals surface area contributed by atoms with Crippen molar-refractivity contribution in [3.8, 4) is 0 Å². The van der Waals surface area contributed by atoms with E-state index in [4.69, 9.17) is 11.5 Å². The van der Waals surface area contributed by atoms with Gasteiger partial charge in [0.05, 0.1) is 6.04 Å². The maximum Gasteiger partial charge on any atom is 0.243 e. The first-order valence-corrected chi connectivity index (χ1v) is 16.1. The highest BCUT2D eigenvalue weighted by molar-refractivity contribution is 5.96. The number of nitrogens with one attached hydrogen (secondary N) is 4. The molecule has 0 spiro atoms. The molecule has 0 aromatic heterocycles. The average Bonchev–Trinajstić information content (AvgIpc) is 2.99. The molecule has 2 aromatic carbocycles. The molecule has 0 heterocycles. The van der Waals surface area contributed by atoms with E-state index in [2.05, 4.69) is 21.3 Å². The Balaban J connectivity index is 2.39. The van der Waals surface area contributed by atoms with E-state index in [0.29, 0.717) is 18.4 Å². The van der Waals surface area contributed by atoms with Gasteiger partial charge in [-0.05, 0) is 53.9 Å². The molecule has 5 amide bonds. The van der Waals surface area contributed by atoms with Crippen LogP contribution >= 0.6 is 0 Å². The number of hydrogen-bond donors (Lipinski definition) is 6. The number of nitrogens with two attached hydrogens (primary N) is 2. The summed E-state index contributed by atoms with van der Waals surface area (Å²) in [6.07, 6.45) is 0.771. The molecular weight excluding hydrogens is 603 g/mol. The SMILES string of the molecule is CC(C)C[C@H](NC(=O)[C@H](Cc1ccccc1)NC(=O)[C@H](Cc1ccc(F)cc1)NC(=O)[C@@H](NC(=O)[C@@H](N)CC(C)C)C(C)C)C(N)=O. The molecule has 0 unspecified atom stereocenters. The monoisotopic (exact) mass is 654 g/mol. The van der Waals surface area contributed by atoms with E-state index in [-0.39, 0.29) is 30.6 Å². The Kier molecular flexibility index (Phi) is 15.5. The van der Waals surface area contributed by atoms with Crippen molar-refractivity contribution in [2.24, 2.45) is 29.2 Å². The lowest BCUT2D eigenvalue weighted by Gasteiger charge is -2.28. The van der Waals surface area contributed by atoms with Crippen LogP contribution in [0, 0.1) is 23.6 Å². The zero-order valence-electron chi connectivity index (χ0n) is 28.2. The number of benzene rings is 2. The van der Waals surface area contributed by atoms with Crippen molar-refractivity contribution in [1.82, 2.24) is 21.3 Å². The van der Waals surface area contributed by atoms with Gasteiger partial charge < -0.3 is 32.7 Å². The minimum atomic E-state index is -1.22. The first-order valence-electron chi connectivity index (χ1n) is 16.1. The largest absolute Gasteiger partial charge is 0.368 e. The third-order valence-corrected chi connectivity index (χ3v) is 7.58. The van der Waals surface area contributed by atoms with Crippen molar-refractivity contribution in [1.29, 1.82) is 0 Å². The Hall–Kier alpha value is -4.32. The summed E-state index contributed by atoms with van der Waals surface area (Å²) in [5.41, 5.74) is 12.9. The van der Waals surface area contributed by atoms with Crippen molar-refractivity contribution >= 4 is 29.5 Å². The zero-order valence-corrected chi connectivity index (χ0v) is 28.2. The van der Waals surface area contributed by atoms with Crippen LogP contribution in [0.1, 0.15) is 65.5 Å². The molecule has 0 aliphatic rings. The molecule has 8 N–H and O–H groups in total. The summed E-state index contributed by atoms with van der Waals surface area (Å²) in [6, 6.07) is 9.31. The number of hydrogen-bond acceptors (Lipinski definition) is 6. The van der Waals surface area contributed by atoms with Crippen LogP contribution in [0.2, 0.25) is 0 Å². The maximum atomic E-state index is 13.9. The number of amides is 5. The lowest BCUT2D eigenvalue weighted by molar-refractivity contribution is -0.135. The van der Waals surface area contributed by atoms with Crippen molar-refractivity contribution in [3.05, 3.63) is 71.5 Å². The van der Waals surface area contributed by atoms with Crippen LogP contribution in [-0.2, 0) is 36.8 Å². The molecule has 0 saturated carbocycles. The van der Waals surface area contributed by atoms with Gasteiger partial charge >= 0.3 is 0 Å². The molecule has 5 atom stereocenters. The van der Waals surface area contributed by atoms with E-state index >= 15 is 0 Å². The standard InChI is InChI=1S/C35H51FN6O5/c1-20(2)16-26(37)32(44)42-30(22(5)6)35(47)41-29(19-24-12-14-25(36)15-13-24)34(46)40-28(18-23-10-8-7-9-11-23)33(45)39-27(31(38)43)17-21(3)4/h7-15,20-22,26-30H,16-19,37H2,1-6H3,(H2,38,43)(H,39,45)(H,40,46)(H,41,47)(H,42,44)/t26-,27-,28-,29-,30-/m0/s1. The van der Waals surface area contributed by atoms with E-state index in [1.807, 2.05) is 33.8 Å². The summed E-state index contributed by atoms with van der Waals surface area (Å²) < 4.78 is 13.7. The topological polar surface area (TPSA) is 186 Å². The second-order valence-electron chi connectivity index (χ2n) is 13.2. The lowest BCUT2D eigenvalue weighted by atomic mass is 9.98. The molecule has 0 saturated heterocycles. The summed E-state index contributed by atoms with van der Waals surface area (Å²) in [5, 5.41) is 10.9. The fourth-order valence-electron chi connectivity index (χ4n) is 5.06. The predicted octanol–water partition coefficient (Wildman–Crippen LogP) is 2.11. The molecular formula is C35H51FN6O5. The molecule has 47 heavy (non-hydrogen) atoms. The molecule has 0 radical (unpaired) electrons.